The Bertz CT molecular complexity index is 944. The van der Waals surface area contributed by atoms with Crippen molar-refractivity contribution in [2.45, 2.75) is 114 Å². The zero-order chi connectivity index (χ0) is 27.8. The minimum atomic E-state index is -1.88. The van der Waals surface area contributed by atoms with Gasteiger partial charge in [0.15, 0.2) is 18.2 Å². The van der Waals surface area contributed by atoms with Crippen molar-refractivity contribution in [1.82, 2.24) is 0 Å². The molecule has 216 valence electrons. The topological polar surface area (TPSA) is 194 Å². The highest BCUT2D eigenvalue weighted by Crippen LogP contribution is 2.68. The van der Waals surface area contributed by atoms with Gasteiger partial charge in [-0.15, -0.1) is 0 Å². The molecule has 5 aliphatic rings. The monoisotopic (exact) mass is 542 g/mol. The molecule has 0 aromatic rings. The van der Waals surface area contributed by atoms with E-state index in [0.29, 0.717) is 18.8 Å². The van der Waals surface area contributed by atoms with Gasteiger partial charge >= 0.3 is 5.97 Å². The largest absolute Gasteiger partial charge is 0.479 e. The van der Waals surface area contributed by atoms with Crippen LogP contribution in [0.3, 0.4) is 0 Å². The molecular weight excluding hydrogens is 500 g/mol. The summed E-state index contributed by atoms with van der Waals surface area (Å²) >= 11 is 0. The fourth-order valence-corrected chi connectivity index (χ4v) is 9.29. The molecule has 11 heteroatoms. The summed E-state index contributed by atoms with van der Waals surface area (Å²) < 4.78 is 10.5. The van der Waals surface area contributed by atoms with E-state index in [4.69, 9.17) is 9.47 Å². The number of hydrogen-bond acceptors (Lipinski definition) is 10. The Hall–Kier alpha value is -1.18. The molecular formula is C27H42O11. The molecule has 0 spiro atoms. The Morgan fingerprint density at radius 2 is 1.66 bits per heavy atom. The van der Waals surface area contributed by atoms with Crippen LogP contribution in [0.25, 0.3) is 0 Å². The van der Waals surface area contributed by atoms with Crippen molar-refractivity contribution in [2.24, 2.45) is 34.5 Å². The molecule has 0 radical (unpaired) electrons. The zero-order valence-corrected chi connectivity index (χ0v) is 22.0. The molecule has 14 atom stereocenters. The van der Waals surface area contributed by atoms with Gasteiger partial charge in [-0.25, -0.2) is 4.79 Å². The van der Waals surface area contributed by atoms with Crippen molar-refractivity contribution in [3.05, 3.63) is 0 Å². The molecule has 38 heavy (non-hydrogen) atoms. The van der Waals surface area contributed by atoms with Gasteiger partial charge in [0.25, 0.3) is 0 Å². The molecule has 0 unspecified atom stereocenters. The van der Waals surface area contributed by atoms with Gasteiger partial charge in [0.1, 0.15) is 30.5 Å². The Morgan fingerprint density at radius 3 is 2.34 bits per heavy atom. The molecule has 0 amide bonds. The summed E-state index contributed by atoms with van der Waals surface area (Å²) in [5.74, 6) is -1.69. The maximum absolute atomic E-state index is 13.5. The highest BCUT2D eigenvalue weighted by molar-refractivity contribution is 5.89. The maximum atomic E-state index is 13.5. The summed E-state index contributed by atoms with van der Waals surface area (Å²) in [5.41, 5.74) is -2.80. The van der Waals surface area contributed by atoms with E-state index < -0.39 is 66.2 Å². The van der Waals surface area contributed by atoms with Crippen LogP contribution in [0.2, 0.25) is 0 Å². The predicted molar refractivity (Wildman–Crippen MR) is 129 cm³/mol. The van der Waals surface area contributed by atoms with Crippen molar-refractivity contribution >= 4 is 11.8 Å². The SMILES string of the molecule is C[C@]12CC[C@@H](O)C[C@H]1CC[C@@H]1[C@@H]2[C@@H](O)C[C@@]2(C)[C@H]1CC[C@]2(O)C(=O)CO[C@@H]1O[C@H](C(=O)O)[C@@H](O)[C@H](O)[C@H]1O. The third kappa shape index (κ3) is 4.08. The normalized spacial score (nSPS) is 54.5. The Kier molecular flexibility index (Phi) is 7.26. The lowest BCUT2D eigenvalue weighted by Crippen LogP contribution is -2.63. The number of Topliss-reactive ketones (excluding diaryl/α,β-unsaturated/α-hetero) is 1. The van der Waals surface area contributed by atoms with Gasteiger partial charge in [0.2, 0.25) is 0 Å². The number of carboxylic acid groups (broad SMARTS) is 1. The molecule has 4 aliphatic carbocycles. The van der Waals surface area contributed by atoms with Crippen LogP contribution in [0, 0.1) is 34.5 Å². The van der Waals surface area contributed by atoms with E-state index >= 15 is 0 Å². The first-order valence-corrected chi connectivity index (χ1v) is 13.9. The van der Waals surface area contributed by atoms with E-state index in [2.05, 4.69) is 6.92 Å². The van der Waals surface area contributed by atoms with Gasteiger partial charge in [0, 0.05) is 5.41 Å². The van der Waals surface area contributed by atoms with Crippen molar-refractivity contribution in [2.75, 3.05) is 6.61 Å². The highest BCUT2D eigenvalue weighted by atomic mass is 16.7. The van der Waals surface area contributed by atoms with E-state index in [-0.39, 0.29) is 42.1 Å². The molecule has 7 N–H and O–H groups in total. The number of carbonyl (C=O) groups excluding carboxylic acids is 1. The number of aliphatic hydroxyl groups is 6. The number of carbonyl (C=O) groups is 2. The molecule has 0 aromatic heterocycles. The second kappa shape index (κ2) is 9.73. The number of fused-ring (bicyclic) bond motifs is 5. The predicted octanol–water partition coefficient (Wildman–Crippen LogP) is -0.430. The van der Waals surface area contributed by atoms with Gasteiger partial charge in [-0.1, -0.05) is 13.8 Å². The third-order valence-electron chi connectivity index (χ3n) is 11.4. The minimum absolute atomic E-state index is 0.0133. The Labute approximate surface area is 221 Å². The summed E-state index contributed by atoms with van der Waals surface area (Å²) in [6, 6.07) is 0. The molecule has 5 rings (SSSR count). The first kappa shape index (κ1) is 28.4. The molecule has 0 aromatic carbocycles. The standard InChI is InChI=1S/C27H42O11/c1-25-7-5-13(28)9-12(25)3-4-14-15-6-8-27(36,26(15,2)10-16(29)18(14)25)17(30)11-37-24-21(33)19(31)20(32)22(38-24)23(34)35/h12-16,18-22,24,28-29,31-33,36H,3-11H2,1-2H3,(H,34,35)/t12-,13-,14+,15+,16+,18-,19+,20+,21-,22+,24-,25+,26+,27+/m1/s1. The van der Waals surface area contributed by atoms with Crippen molar-refractivity contribution in [1.29, 1.82) is 0 Å². The van der Waals surface area contributed by atoms with Crippen molar-refractivity contribution in [3.63, 3.8) is 0 Å². The summed E-state index contributed by atoms with van der Waals surface area (Å²) in [4.78, 5) is 24.8. The third-order valence-corrected chi connectivity index (χ3v) is 11.4. The average molecular weight is 543 g/mol. The molecule has 11 nitrogen and oxygen atoms in total. The summed E-state index contributed by atoms with van der Waals surface area (Å²) in [5, 5.41) is 72.9. The second-order valence-corrected chi connectivity index (χ2v) is 13.1. The maximum Gasteiger partial charge on any atom is 0.335 e. The lowest BCUT2D eigenvalue weighted by molar-refractivity contribution is -0.293. The number of rotatable bonds is 5. The van der Waals surface area contributed by atoms with Crippen LogP contribution in [-0.2, 0) is 19.1 Å². The van der Waals surface area contributed by atoms with E-state index in [1.54, 1.807) is 0 Å². The minimum Gasteiger partial charge on any atom is -0.479 e. The molecule has 1 saturated heterocycles. The number of hydrogen-bond donors (Lipinski definition) is 7. The fraction of sp³-hybridized carbons (Fsp3) is 0.926. The van der Waals surface area contributed by atoms with Gasteiger partial charge in [0.05, 0.1) is 12.2 Å². The molecule has 4 saturated carbocycles. The summed E-state index contributed by atoms with van der Waals surface area (Å²) in [6.45, 7) is 3.39. The second-order valence-electron chi connectivity index (χ2n) is 13.1. The number of carboxylic acids is 1. The van der Waals surface area contributed by atoms with Gasteiger partial charge in [-0.2, -0.15) is 0 Å². The highest BCUT2D eigenvalue weighted by Gasteiger charge is 2.68. The van der Waals surface area contributed by atoms with Crippen molar-refractivity contribution < 1.29 is 54.8 Å². The quantitative estimate of drug-likeness (QED) is 0.238. The smallest absolute Gasteiger partial charge is 0.335 e. The van der Waals surface area contributed by atoms with Crippen LogP contribution in [0.4, 0.5) is 0 Å². The van der Waals surface area contributed by atoms with Gasteiger partial charge in [-0.3, -0.25) is 4.79 Å². The number of ether oxygens (including phenoxy) is 2. The van der Waals surface area contributed by atoms with Crippen LogP contribution < -0.4 is 0 Å². The average Bonchev–Trinajstić information content (AvgIpc) is 3.13. The van der Waals surface area contributed by atoms with E-state index in [1.807, 2.05) is 6.92 Å². The molecule has 1 aliphatic heterocycles. The first-order chi connectivity index (χ1) is 17.7. The van der Waals surface area contributed by atoms with Crippen LogP contribution in [-0.4, -0.2) is 103 Å². The van der Waals surface area contributed by atoms with Crippen LogP contribution in [0.15, 0.2) is 0 Å². The van der Waals surface area contributed by atoms with Crippen molar-refractivity contribution in [3.8, 4) is 0 Å². The molecule has 1 heterocycles. The fourth-order valence-electron chi connectivity index (χ4n) is 9.29. The van der Waals surface area contributed by atoms with E-state index in [0.717, 1.165) is 25.7 Å². The van der Waals surface area contributed by atoms with Crippen LogP contribution in [0.1, 0.15) is 65.2 Å². The lowest BCUT2D eigenvalue weighted by Gasteiger charge is -2.62. The first-order valence-electron chi connectivity index (χ1n) is 13.9. The van der Waals surface area contributed by atoms with E-state index in [1.165, 1.54) is 0 Å². The van der Waals surface area contributed by atoms with Gasteiger partial charge < -0.3 is 45.2 Å². The van der Waals surface area contributed by atoms with E-state index in [9.17, 15) is 45.3 Å². The molecule has 5 fully saturated rings. The molecule has 0 bridgehead atoms. The lowest BCUT2D eigenvalue weighted by atomic mass is 9.43. The van der Waals surface area contributed by atoms with Gasteiger partial charge in [-0.05, 0) is 80.5 Å². The Morgan fingerprint density at radius 1 is 0.947 bits per heavy atom. The number of aliphatic carboxylic acids is 1. The summed E-state index contributed by atoms with van der Waals surface area (Å²) in [7, 11) is 0. The Balaban J connectivity index is 1.32. The van der Waals surface area contributed by atoms with Crippen LogP contribution >= 0.6 is 0 Å². The van der Waals surface area contributed by atoms with Crippen LogP contribution in [0.5, 0.6) is 0 Å². The summed E-state index contributed by atoms with van der Waals surface area (Å²) in [6.07, 6.45) is -4.90. The number of aliphatic hydroxyl groups excluding tert-OH is 5. The zero-order valence-electron chi connectivity index (χ0n) is 22.0. The number of ketones is 1.